The van der Waals surface area contributed by atoms with E-state index in [2.05, 4.69) is 16.0 Å². The highest BCUT2D eigenvalue weighted by molar-refractivity contribution is 6.09. The van der Waals surface area contributed by atoms with Crippen molar-refractivity contribution in [1.29, 1.82) is 0 Å². The highest BCUT2D eigenvalue weighted by Crippen LogP contribution is 2.27. The maximum absolute atomic E-state index is 12.8. The van der Waals surface area contributed by atoms with Gasteiger partial charge in [-0.05, 0) is 32.4 Å². The monoisotopic (exact) mass is 390 g/mol. The number of urea groups is 1. The number of rotatable bonds is 8. The number of carbonyl (C=O) groups excluding carboxylic acids is 4. The van der Waals surface area contributed by atoms with Gasteiger partial charge in [0.15, 0.2) is 0 Å². The van der Waals surface area contributed by atoms with E-state index in [1.54, 1.807) is 26.8 Å². The molecule has 9 heteroatoms. The molecule has 2 rings (SSSR count). The van der Waals surface area contributed by atoms with Crippen molar-refractivity contribution >= 4 is 23.8 Å². The lowest BCUT2D eigenvalue weighted by molar-refractivity contribution is -0.134. The van der Waals surface area contributed by atoms with E-state index in [0.29, 0.717) is 5.75 Å². The Labute approximate surface area is 163 Å². The van der Waals surface area contributed by atoms with Gasteiger partial charge in [0.05, 0.1) is 13.7 Å². The second-order valence-corrected chi connectivity index (χ2v) is 7.14. The zero-order valence-electron chi connectivity index (χ0n) is 16.5. The minimum Gasteiger partial charge on any atom is -0.496 e. The average molecular weight is 390 g/mol. The fraction of sp³-hybridized carbons (Fsp3) is 0.474. The third-order valence-electron chi connectivity index (χ3n) is 4.28. The van der Waals surface area contributed by atoms with Crippen LogP contribution in [0.4, 0.5) is 4.79 Å². The second kappa shape index (κ2) is 8.73. The summed E-state index contributed by atoms with van der Waals surface area (Å²) < 4.78 is 5.30. The molecule has 0 unspecified atom stereocenters. The molecule has 9 nitrogen and oxygen atoms in total. The van der Waals surface area contributed by atoms with Crippen LogP contribution in [-0.4, -0.2) is 60.4 Å². The van der Waals surface area contributed by atoms with Crippen molar-refractivity contribution in [1.82, 2.24) is 20.9 Å². The summed E-state index contributed by atoms with van der Waals surface area (Å²) in [6, 6.07) is 6.51. The zero-order chi connectivity index (χ0) is 20.9. The molecule has 0 aliphatic carbocycles. The molecular weight excluding hydrogens is 364 g/mol. The maximum atomic E-state index is 12.8. The minimum absolute atomic E-state index is 0.0500. The molecule has 3 N–H and O–H groups in total. The molecule has 5 amide bonds. The molecule has 0 radical (unpaired) electrons. The van der Waals surface area contributed by atoms with Crippen molar-refractivity contribution in [2.24, 2.45) is 0 Å². The molecule has 1 aliphatic heterocycles. The smallest absolute Gasteiger partial charge is 0.325 e. The number of methoxy groups -OCH3 is 1. The van der Waals surface area contributed by atoms with Gasteiger partial charge in [0, 0.05) is 12.5 Å². The van der Waals surface area contributed by atoms with Crippen molar-refractivity contribution in [3.63, 3.8) is 0 Å². The molecule has 1 aromatic carbocycles. The summed E-state index contributed by atoms with van der Waals surface area (Å²) in [5.41, 5.74) is -0.432. The normalized spacial score (nSPS) is 18.8. The molecule has 0 bridgehead atoms. The van der Waals surface area contributed by atoms with Crippen molar-refractivity contribution in [2.45, 2.75) is 38.8 Å². The number of nitrogens with one attached hydrogen (secondary N) is 3. The molecule has 1 atom stereocenters. The van der Waals surface area contributed by atoms with Gasteiger partial charge in [-0.1, -0.05) is 18.2 Å². The largest absolute Gasteiger partial charge is 0.496 e. The van der Waals surface area contributed by atoms with Crippen molar-refractivity contribution in [3.8, 4) is 5.75 Å². The van der Waals surface area contributed by atoms with Gasteiger partial charge in [0.25, 0.3) is 5.91 Å². The molecule has 0 aromatic heterocycles. The molecular formula is C19H26N4O5. The predicted molar refractivity (Wildman–Crippen MR) is 102 cm³/mol. The second-order valence-electron chi connectivity index (χ2n) is 7.14. The Kier molecular flexibility index (Phi) is 6.61. The highest BCUT2D eigenvalue weighted by atomic mass is 16.5. The fourth-order valence-corrected chi connectivity index (χ4v) is 2.99. The lowest BCUT2D eigenvalue weighted by Gasteiger charge is -2.22. The summed E-state index contributed by atoms with van der Waals surface area (Å²) in [5.74, 6) is -0.839. The molecule has 1 saturated heterocycles. The number of benzene rings is 1. The lowest BCUT2D eigenvalue weighted by atomic mass is 9.92. The quantitative estimate of drug-likeness (QED) is 0.548. The SMILES string of the molecule is COc1ccccc1C[C@@]1(C)NC(=O)N(CC(=O)NCC(=O)NC(C)C)C1=O. The van der Waals surface area contributed by atoms with Crippen LogP contribution in [0.3, 0.4) is 0 Å². The summed E-state index contributed by atoms with van der Waals surface area (Å²) in [7, 11) is 1.53. The number of imide groups is 1. The predicted octanol–water partition coefficient (Wildman–Crippen LogP) is 0.189. The fourth-order valence-electron chi connectivity index (χ4n) is 2.99. The topological polar surface area (TPSA) is 117 Å². The van der Waals surface area contributed by atoms with Crippen LogP contribution in [0.1, 0.15) is 26.3 Å². The molecule has 28 heavy (non-hydrogen) atoms. The van der Waals surface area contributed by atoms with Crippen LogP contribution in [0.5, 0.6) is 5.75 Å². The first kappa shape index (κ1) is 21.2. The first-order chi connectivity index (χ1) is 13.2. The minimum atomic E-state index is -1.19. The molecule has 0 saturated carbocycles. The Morgan fingerprint density at radius 2 is 1.89 bits per heavy atom. The third-order valence-corrected chi connectivity index (χ3v) is 4.28. The molecule has 152 valence electrons. The lowest BCUT2D eigenvalue weighted by Crippen LogP contribution is -2.47. The Morgan fingerprint density at radius 1 is 1.21 bits per heavy atom. The van der Waals surface area contributed by atoms with E-state index in [0.717, 1.165) is 10.5 Å². The van der Waals surface area contributed by atoms with Crippen LogP contribution < -0.4 is 20.7 Å². The first-order valence-corrected chi connectivity index (χ1v) is 8.98. The van der Waals surface area contributed by atoms with E-state index in [-0.39, 0.29) is 24.9 Å². The van der Waals surface area contributed by atoms with Gasteiger partial charge in [-0.3, -0.25) is 19.3 Å². The molecule has 1 fully saturated rings. The van der Waals surface area contributed by atoms with Gasteiger partial charge in [0.2, 0.25) is 11.8 Å². The van der Waals surface area contributed by atoms with Crippen LogP contribution in [0.25, 0.3) is 0 Å². The van der Waals surface area contributed by atoms with E-state index in [9.17, 15) is 19.2 Å². The summed E-state index contributed by atoms with van der Waals surface area (Å²) in [6.07, 6.45) is 0.219. The number of hydrogen-bond acceptors (Lipinski definition) is 5. The Hall–Kier alpha value is -3.10. The number of para-hydroxylation sites is 1. The van der Waals surface area contributed by atoms with Gasteiger partial charge in [-0.2, -0.15) is 0 Å². The Morgan fingerprint density at radius 3 is 2.54 bits per heavy atom. The van der Waals surface area contributed by atoms with E-state index in [4.69, 9.17) is 4.74 Å². The number of nitrogens with zero attached hydrogens (tertiary/aromatic N) is 1. The van der Waals surface area contributed by atoms with Crippen molar-refractivity contribution < 1.29 is 23.9 Å². The third kappa shape index (κ3) is 4.99. The van der Waals surface area contributed by atoms with Crippen LogP contribution in [0.15, 0.2) is 24.3 Å². The average Bonchev–Trinajstić information content (AvgIpc) is 2.83. The summed E-state index contributed by atoms with van der Waals surface area (Å²) in [5, 5.41) is 7.69. The van der Waals surface area contributed by atoms with Crippen molar-refractivity contribution in [3.05, 3.63) is 29.8 Å². The van der Waals surface area contributed by atoms with E-state index in [1.165, 1.54) is 7.11 Å². The first-order valence-electron chi connectivity index (χ1n) is 8.98. The highest BCUT2D eigenvalue weighted by Gasteiger charge is 2.48. The van der Waals surface area contributed by atoms with Crippen LogP contribution in [-0.2, 0) is 20.8 Å². The summed E-state index contributed by atoms with van der Waals surface area (Å²) in [4.78, 5) is 49.6. The van der Waals surface area contributed by atoms with Gasteiger partial charge < -0.3 is 20.7 Å². The molecule has 1 aromatic rings. The van der Waals surface area contributed by atoms with E-state index < -0.39 is 29.9 Å². The Balaban J connectivity index is 2.00. The molecule has 1 aliphatic rings. The number of hydrogen-bond donors (Lipinski definition) is 3. The Bertz CT molecular complexity index is 779. The zero-order valence-corrected chi connectivity index (χ0v) is 16.5. The molecule has 0 spiro atoms. The molecule has 1 heterocycles. The van der Waals surface area contributed by atoms with Crippen LogP contribution in [0.2, 0.25) is 0 Å². The van der Waals surface area contributed by atoms with Crippen LogP contribution >= 0.6 is 0 Å². The van der Waals surface area contributed by atoms with Gasteiger partial charge in [-0.25, -0.2) is 4.79 Å². The standard InChI is InChI=1S/C19H26N4O5/c1-12(2)21-15(24)10-20-16(25)11-23-17(26)19(3,22-18(23)27)9-13-7-5-6-8-14(13)28-4/h5-8,12H,9-11H2,1-4H3,(H,20,25)(H,21,24)(H,22,27)/t19-/m1/s1. The maximum Gasteiger partial charge on any atom is 0.325 e. The van der Waals surface area contributed by atoms with Gasteiger partial charge >= 0.3 is 6.03 Å². The van der Waals surface area contributed by atoms with Gasteiger partial charge in [-0.15, -0.1) is 0 Å². The number of amides is 5. The van der Waals surface area contributed by atoms with Crippen LogP contribution in [0, 0.1) is 0 Å². The van der Waals surface area contributed by atoms with Gasteiger partial charge in [0.1, 0.15) is 17.8 Å². The summed E-state index contributed by atoms with van der Waals surface area (Å²) >= 11 is 0. The van der Waals surface area contributed by atoms with E-state index >= 15 is 0 Å². The summed E-state index contributed by atoms with van der Waals surface area (Å²) in [6.45, 7) is 4.53. The van der Waals surface area contributed by atoms with Crippen molar-refractivity contribution in [2.75, 3.05) is 20.2 Å². The van der Waals surface area contributed by atoms with E-state index in [1.807, 2.05) is 18.2 Å². The number of carbonyl (C=O) groups is 4. The number of ether oxygens (including phenoxy) is 1.